The Labute approximate surface area is 150 Å². The first kappa shape index (κ1) is 18.4. The minimum Gasteiger partial charge on any atom is -0.457 e. The van der Waals surface area contributed by atoms with Crippen molar-refractivity contribution in [1.82, 2.24) is 0 Å². The number of aryl methyl sites for hydroxylation is 2. The quantitative estimate of drug-likeness (QED) is 0.491. The van der Waals surface area contributed by atoms with Gasteiger partial charge in [0.25, 0.3) is 5.69 Å². The third-order valence-electron chi connectivity index (χ3n) is 3.60. The number of hydrogen-bond acceptors (Lipinski definition) is 7. The number of nitrogens with one attached hydrogen (secondary N) is 1. The van der Waals surface area contributed by atoms with E-state index in [1.165, 1.54) is 18.2 Å². The van der Waals surface area contributed by atoms with E-state index in [9.17, 15) is 10.1 Å². The van der Waals surface area contributed by atoms with E-state index in [-0.39, 0.29) is 17.1 Å². The molecule has 2 aromatic rings. The first-order chi connectivity index (χ1) is 12.3. The summed E-state index contributed by atoms with van der Waals surface area (Å²) in [7, 11) is 0. The van der Waals surface area contributed by atoms with Crippen molar-refractivity contribution in [3.63, 3.8) is 0 Å². The highest BCUT2D eigenvalue weighted by atomic mass is 16.6. The average Bonchev–Trinajstić information content (AvgIpc) is 2.60. The number of benzene rings is 2. The number of ether oxygens (including phenoxy) is 1. The van der Waals surface area contributed by atoms with Gasteiger partial charge in [-0.2, -0.15) is 15.6 Å². The minimum absolute atomic E-state index is 0.210. The molecular formula is C18H15N5O3. The molecule has 0 aromatic heterocycles. The molecule has 0 aliphatic carbocycles. The maximum Gasteiger partial charge on any atom is 0.275 e. The monoisotopic (exact) mass is 349 g/mol. The Morgan fingerprint density at radius 1 is 1.15 bits per heavy atom. The second-order valence-electron chi connectivity index (χ2n) is 5.58. The zero-order valence-corrected chi connectivity index (χ0v) is 14.4. The van der Waals surface area contributed by atoms with Crippen LogP contribution in [0.3, 0.4) is 0 Å². The van der Waals surface area contributed by atoms with E-state index in [0.717, 1.165) is 16.7 Å². The smallest absolute Gasteiger partial charge is 0.275 e. The van der Waals surface area contributed by atoms with Crippen LogP contribution in [0.25, 0.3) is 0 Å². The Morgan fingerprint density at radius 2 is 1.85 bits per heavy atom. The molecule has 26 heavy (non-hydrogen) atoms. The Kier molecular flexibility index (Phi) is 5.51. The maximum absolute atomic E-state index is 11.2. The Bertz CT molecular complexity index is 968. The fourth-order valence-electron chi connectivity index (χ4n) is 2.24. The predicted octanol–water partition coefficient (Wildman–Crippen LogP) is 4.13. The van der Waals surface area contributed by atoms with E-state index in [1.807, 2.05) is 32.9 Å². The van der Waals surface area contributed by atoms with Gasteiger partial charge >= 0.3 is 0 Å². The standard InChI is InChI=1S/C18H15N5O3/c1-11-4-12(2)13(3)18(5-11)26-17-7-14(6-16(8-17)23(24)25)21-22-15(9-19)10-20/h4-8,21H,1-3H3. The number of hydrogen-bond donors (Lipinski definition) is 1. The molecule has 8 nitrogen and oxygen atoms in total. The van der Waals surface area contributed by atoms with Crippen LogP contribution in [-0.4, -0.2) is 10.6 Å². The minimum atomic E-state index is -0.564. The van der Waals surface area contributed by atoms with Gasteiger partial charge in [0.2, 0.25) is 5.71 Å². The van der Waals surface area contributed by atoms with Gasteiger partial charge in [0, 0.05) is 12.1 Å². The van der Waals surface area contributed by atoms with Crippen molar-refractivity contribution < 1.29 is 9.66 Å². The molecule has 2 aromatic carbocycles. The first-order valence-corrected chi connectivity index (χ1v) is 7.53. The fourth-order valence-corrected chi connectivity index (χ4v) is 2.24. The molecule has 0 aliphatic rings. The number of nitro benzene ring substituents is 1. The fraction of sp³-hybridized carbons (Fsp3) is 0.167. The van der Waals surface area contributed by atoms with Crippen LogP contribution in [0.1, 0.15) is 16.7 Å². The number of nitrogens with zero attached hydrogens (tertiary/aromatic N) is 4. The van der Waals surface area contributed by atoms with Crippen LogP contribution in [0.2, 0.25) is 0 Å². The predicted molar refractivity (Wildman–Crippen MR) is 96.1 cm³/mol. The van der Waals surface area contributed by atoms with Crippen molar-refractivity contribution in [3.8, 4) is 23.6 Å². The molecule has 130 valence electrons. The SMILES string of the molecule is Cc1cc(C)c(C)c(Oc2cc(NN=C(C#N)C#N)cc([N+](=O)[O-])c2)c1. The Hall–Kier alpha value is -3.91. The molecule has 0 fully saturated rings. The van der Waals surface area contributed by atoms with Gasteiger partial charge in [-0.15, -0.1) is 0 Å². The molecule has 0 heterocycles. The second kappa shape index (κ2) is 7.77. The lowest BCUT2D eigenvalue weighted by Crippen LogP contribution is -1.99. The lowest BCUT2D eigenvalue weighted by atomic mass is 10.1. The highest BCUT2D eigenvalue weighted by Crippen LogP contribution is 2.32. The third kappa shape index (κ3) is 4.34. The summed E-state index contributed by atoms with van der Waals surface area (Å²) in [6.45, 7) is 5.78. The highest BCUT2D eigenvalue weighted by molar-refractivity contribution is 6.10. The van der Waals surface area contributed by atoms with E-state index >= 15 is 0 Å². The highest BCUT2D eigenvalue weighted by Gasteiger charge is 2.13. The van der Waals surface area contributed by atoms with Gasteiger partial charge in [0.15, 0.2) is 0 Å². The first-order valence-electron chi connectivity index (χ1n) is 7.53. The molecule has 0 aliphatic heterocycles. The van der Waals surface area contributed by atoms with Crippen molar-refractivity contribution in [3.05, 3.63) is 57.1 Å². The molecule has 1 N–H and O–H groups in total. The summed E-state index contributed by atoms with van der Waals surface area (Å²) in [4.78, 5) is 10.6. The van der Waals surface area contributed by atoms with Crippen molar-refractivity contribution in [2.45, 2.75) is 20.8 Å². The normalized spacial score (nSPS) is 9.58. The molecule has 0 unspecified atom stereocenters. The summed E-state index contributed by atoms with van der Waals surface area (Å²) in [5, 5.41) is 32.2. The van der Waals surface area contributed by atoms with E-state index in [4.69, 9.17) is 15.3 Å². The number of nitriles is 2. The van der Waals surface area contributed by atoms with Crippen LogP contribution in [-0.2, 0) is 0 Å². The molecule has 0 bridgehead atoms. The van der Waals surface area contributed by atoms with Crippen LogP contribution in [0.5, 0.6) is 11.5 Å². The maximum atomic E-state index is 11.2. The topological polar surface area (TPSA) is 124 Å². The van der Waals surface area contributed by atoms with Gasteiger partial charge < -0.3 is 4.74 Å². The zero-order chi connectivity index (χ0) is 19.3. The lowest BCUT2D eigenvalue weighted by Gasteiger charge is -2.13. The largest absolute Gasteiger partial charge is 0.457 e. The molecule has 0 spiro atoms. The zero-order valence-electron chi connectivity index (χ0n) is 14.4. The van der Waals surface area contributed by atoms with Crippen LogP contribution in [0.15, 0.2) is 35.4 Å². The van der Waals surface area contributed by atoms with Crippen LogP contribution >= 0.6 is 0 Å². The van der Waals surface area contributed by atoms with Gasteiger partial charge in [-0.3, -0.25) is 15.5 Å². The van der Waals surface area contributed by atoms with Crippen molar-refractivity contribution in [2.24, 2.45) is 5.10 Å². The molecule has 0 atom stereocenters. The summed E-state index contributed by atoms with van der Waals surface area (Å²) < 4.78 is 5.84. The molecule has 8 heteroatoms. The van der Waals surface area contributed by atoms with E-state index in [2.05, 4.69) is 10.5 Å². The van der Waals surface area contributed by atoms with Gasteiger partial charge in [0.1, 0.15) is 23.6 Å². The summed E-state index contributed by atoms with van der Waals surface area (Å²) in [5.41, 5.74) is 5.04. The molecule has 0 saturated heterocycles. The summed E-state index contributed by atoms with van der Waals surface area (Å²) in [6.07, 6.45) is 0. The van der Waals surface area contributed by atoms with Crippen molar-refractivity contribution >= 4 is 17.1 Å². The number of anilines is 1. The lowest BCUT2D eigenvalue weighted by molar-refractivity contribution is -0.384. The Balaban J connectivity index is 2.43. The molecule has 0 saturated carbocycles. The molecule has 2 rings (SSSR count). The number of rotatable bonds is 5. The van der Waals surface area contributed by atoms with Crippen molar-refractivity contribution in [2.75, 3.05) is 5.43 Å². The third-order valence-corrected chi connectivity index (χ3v) is 3.60. The molecular weight excluding hydrogens is 334 g/mol. The van der Waals surface area contributed by atoms with E-state index < -0.39 is 10.6 Å². The van der Waals surface area contributed by atoms with Gasteiger partial charge in [-0.05, 0) is 43.5 Å². The van der Waals surface area contributed by atoms with Gasteiger partial charge in [-0.1, -0.05) is 6.07 Å². The second-order valence-corrected chi connectivity index (χ2v) is 5.58. The van der Waals surface area contributed by atoms with E-state index in [1.54, 1.807) is 12.1 Å². The van der Waals surface area contributed by atoms with Crippen LogP contribution in [0.4, 0.5) is 11.4 Å². The summed E-state index contributed by atoms with van der Waals surface area (Å²) in [6, 6.07) is 11.1. The average molecular weight is 349 g/mol. The van der Waals surface area contributed by atoms with Crippen LogP contribution < -0.4 is 10.2 Å². The van der Waals surface area contributed by atoms with E-state index in [0.29, 0.717) is 5.75 Å². The van der Waals surface area contributed by atoms with Gasteiger partial charge in [0.05, 0.1) is 16.7 Å². The van der Waals surface area contributed by atoms with Crippen LogP contribution in [0, 0.1) is 53.5 Å². The summed E-state index contributed by atoms with van der Waals surface area (Å²) >= 11 is 0. The Morgan fingerprint density at radius 3 is 2.46 bits per heavy atom. The molecule has 0 radical (unpaired) electrons. The van der Waals surface area contributed by atoms with Crippen molar-refractivity contribution in [1.29, 1.82) is 10.5 Å². The number of nitro groups is 1. The number of non-ortho nitro benzene ring substituents is 1. The molecule has 0 amide bonds. The number of hydrazone groups is 1. The van der Waals surface area contributed by atoms with Gasteiger partial charge in [-0.25, -0.2) is 0 Å². The summed E-state index contributed by atoms with van der Waals surface area (Å²) in [5.74, 6) is 0.827.